The van der Waals surface area contributed by atoms with Crippen LogP contribution in [0, 0.1) is 18.3 Å². The van der Waals surface area contributed by atoms with E-state index < -0.39 is 0 Å². The number of thiophene rings is 1. The summed E-state index contributed by atoms with van der Waals surface area (Å²) in [7, 11) is 0. The molecule has 1 aliphatic rings. The van der Waals surface area contributed by atoms with Gasteiger partial charge in [0.05, 0.1) is 12.6 Å². The van der Waals surface area contributed by atoms with Gasteiger partial charge in [0.25, 0.3) is 0 Å². The van der Waals surface area contributed by atoms with Gasteiger partial charge in [-0.2, -0.15) is 5.26 Å². The number of benzene rings is 1. The van der Waals surface area contributed by atoms with Crippen molar-refractivity contribution in [2.75, 3.05) is 6.54 Å². The molecule has 4 heteroatoms. The number of rotatable bonds is 2. The molecule has 2 heterocycles. The van der Waals surface area contributed by atoms with Crippen LogP contribution < -0.4 is 0 Å². The lowest BCUT2D eigenvalue weighted by atomic mass is 9.88. The van der Waals surface area contributed by atoms with E-state index >= 15 is 0 Å². The molecule has 3 nitrogen and oxygen atoms in total. The summed E-state index contributed by atoms with van der Waals surface area (Å²) in [6.45, 7) is 3.40. The van der Waals surface area contributed by atoms with Crippen LogP contribution in [-0.2, 0) is 11.3 Å². The first-order chi connectivity index (χ1) is 10.2. The maximum absolute atomic E-state index is 12.1. The number of nitriles is 1. The Kier molecular flexibility index (Phi) is 3.76. The van der Waals surface area contributed by atoms with E-state index in [0.717, 1.165) is 0 Å². The van der Waals surface area contributed by atoms with E-state index in [0.29, 0.717) is 13.1 Å². The van der Waals surface area contributed by atoms with E-state index in [1.165, 1.54) is 20.9 Å². The lowest BCUT2D eigenvalue weighted by molar-refractivity contribution is -0.131. The molecular weight excluding hydrogens is 280 g/mol. The quantitative estimate of drug-likeness (QED) is 0.852. The highest BCUT2D eigenvalue weighted by atomic mass is 32.1. The third kappa shape index (κ3) is 2.70. The molecule has 1 atom stereocenters. The second kappa shape index (κ2) is 5.71. The van der Waals surface area contributed by atoms with E-state index in [-0.39, 0.29) is 18.2 Å². The van der Waals surface area contributed by atoms with E-state index in [9.17, 15) is 4.79 Å². The predicted octanol–water partition coefficient (Wildman–Crippen LogP) is 3.44. The van der Waals surface area contributed by atoms with Crippen molar-refractivity contribution < 1.29 is 4.79 Å². The predicted molar refractivity (Wildman–Crippen MR) is 83.0 cm³/mol. The van der Waals surface area contributed by atoms with Crippen molar-refractivity contribution in [3.05, 3.63) is 57.3 Å². The van der Waals surface area contributed by atoms with Gasteiger partial charge in [-0.3, -0.25) is 4.79 Å². The summed E-state index contributed by atoms with van der Waals surface area (Å²) in [5.74, 6) is 0.137. The molecule has 1 amide bonds. The van der Waals surface area contributed by atoms with Crippen molar-refractivity contribution in [3.63, 3.8) is 0 Å². The molecule has 3 rings (SSSR count). The maximum Gasteiger partial charge on any atom is 0.237 e. The Balaban J connectivity index is 1.98. The number of hydrogen-bond acceptors (Lipinski definition) is 3. The van der Waals surface area contributed by atoms with E-state index in [1.54, 1.807) is 11.3 Å². The van der Waals surface area contributed by atoms with Gasteiger partial charge in [-0.05, 0) is 24.1 Å². The van der Waals surface area contributed by atoms with Gasteiger partial charge in [-0.1, -0.05) is 30.3 Å². The van der Waals surface area contributed by atoms with Crippen molar-refractivity contribution in [2.45, 2.75) is 25.8 Å². The van der Waals surface area contributed by atoms with Gasteiger partial charge in [0.1, 0.15) is 6.42 Å². The average Bonchev–Trinajstić information content (AvgIpc) is 2.87. The Morgan fingerprint density at radius 3 is 2.90 bits per heavy atom. The first-order valence-corrected chi connectivity index (χ1v) is 7.79. The van der Waals surface area contributed by atoms with Crippen LogP contribution in [0.1, 0.15) is 33.2 Å². The summed E-state index contributed by atoms with van der Waals surface area (Å²) in [4.78, 5) is 16.4. The molecule has 0 aliphatic carbocycles. The fourth-order valence-electron chi connectivity index (χ4n) is 2.90. The van der Waals surface area contributed by atoms with Gasteiger partial charge in [0.2, 0.25) is 5.91 Å². The highest BCUT2D eigenvalue weighted by Gasteiger charge is 2.30. The Bertz CT molecular complexity index is 699. The van der Waals surface area contributed by atoms with Crippen LogP contribution in [-0.4, -0.2) is 17.4 Å². The lowest BCUT2D eigenvalue weighted by Gasteiger charge is -2.32. The monoisotopic (exact) mass is 296 g/mol. The molecule has 0 unspecified atom stereocenters. The van der Waals surface area contributed by atoms with Crippen LogP contribution in [0.4, 0.5) is 0 Å². The fourth-order valence-corrected chi connectivity index (χ4v) is 4.01. The first-order valence-electron chi connectivity index (χ1n) is 6.98. The standard InChI is InChI=1S/C17H16N2OS/c1-12-9-14-15(13-5-3-2-4-6-13)10-19(11-16(14)21-12)17(20)7-8-18/h2-6,9,15H,7,10-11H2,1H3/t15-/m0/s1. The van der Waals surface area contributed by atoms with Crippen molar-refractivity contribution in [1.29, 1.82) is 5.26 Å². The van der Waals surface area contributed by atoms with Crippen LogP contribution in [0.3, 0.4) is 0 Å². The van der Waals surface area contributed by atoms with Gasteiger partial charge >= 0.3 is 0 Å². The molecule has 2 aromatic rings. The van der Waals surface area contributed by atoms with Gasteiger partial charge in [0.15, 0.2) is 0 Å². The van der Waals surface area contributed by atoms with Crippen LogP contribution in [0.15, 0.2) is 36.4 Å². The number of fused-ring (bicyclic) bond motifs is 1. The summed E-state index contributed by atoms with van der Waals surface area (Å²) >= 11 is 1.75. The molecule has 1 aromatic heterocycles. The summed E-state index contributed by atoms with van der Waals surface area (Å²) < 4.78 is 0. The molecule has 1 aliphatic heterocycles. The highest BCUT2D eigenvalue weighted by molar-refractivity contribution is 7.12. The van der Waals surface area contributed by atoms with Crippen molar-refractivity contribution >= 4 is 17.2 Å². The van der Waals surface area contributed by atoms with E-state index in [2.05, 4.69) is 25.1 Å². The SMILES string of the molecule is Cc1cc2c(s1)CN(C(=O)CC#N)C[C@H]2c1ccccc1. The molecule has 0 saturated carbocycles. The van der Waals surface area contributed by atoms with Gasteiger partial charge in [-0.25, -0.2) is 0 Å². The number of carbonyl (C=O) groups is 1. The minimum absolute atomic E-state index is 0.0405. The van der Waals surface area contributed by atoms with Crippen LogP contribution in [0.25, 0.3) is 0 Å². The Morgan fingerprint density at radius 2 is 2.19 bits per heavy atom. The third-order valence-corrected chi connectivity index (χ3v) is 4.91. The minimum Gasteiger partial charge on any atom is -0.336 e. The van der Waals surface area contributed by atoms with E-state index in [1.807, 2.05) is 29.2 Å². The molecule has 0 spiro atoms. The summed E-state index contributed by atoms with van der Waals surface area (Å²) in [5.41, 5.74) is 2.57. The van der Waals surface area contributed by atoms with Crippen LogP contribution in [0.2, 0.25) is 0 Å². The molecule has 106 valence electrons. The number of aryl methyl sites for hydroxylation is 1. The van der Waals surface area contributed by atoms with Crippen LogP contribution >= 0.6 is 11.3 Å². The number of amides is 1. The second-order valence-corrected chi connectivity index (χ2v) is 6.65. The lowest BCUT2D eigenvalue weighted by Crippen LogP contribution is -2.37. The number of hydrogen-bond donors (Lipinski definition) is 0. The van der Waals surface area contributed by atoms with Crippen molar-refractivity contribution in [2.24, 2.45) is 0 Å². The highest BCUT2D eigenvalue weighted by Crippen LogP contribution is 2.38. The molecule has 0 N–H and O–H groups in total. The normalized spacial score (nSPS) is 17.1. The first kappa shape index (κ1) is 13.8. The van der Waals surface area contributed by atoms with E-state index in [4.69, 9.17) is 5.26 Å². The largest absolute Gasteiger partial charge is 0.336 e. The summed E-state index contributed by atoms with van der Waals surface area (Å²) in [6.07, 6.45) is -0.0405. The zero-order valence-corrected chi connectivity index (χ0v) is 12.7. The molecule has 1 aromatic carbocycles. The van der Waals surface area contributed by atoms with Crippen molar-refractivity contribution in [1.82, 2.24) is 4.90 Å². The smallest absolute Gasteiger partial charge is 0.237 e. The van der Waals surface area contributed by atoms with Gasteiger partial charge in [0, 0.05) is 22.2 Å². The van der Waals surface area contributed by atoms with Gasteiger partial charge < -0.3 is 4.90 Å². The number of nitrogens with zero attached hydrogens (tertiary/aromatic N) is 2. The third-order valence-electron chi connectivity index (χ3n) is 3.86. The summed E-state index contributed by atoms with van der Waals surface area (Å²) in [5, 5.41) is 8.75. The molecule has 21 heavy (non-hydrogen) atoms. The molecule has 0 bridgehead atoms. The Labute approximate surface area is 128 Å². The summed E-state index contributed by atoms with van der Waals surface area (Å²) in [6, 6.07) is 14.5. The van der Waals surface area contributed by atoms with Crippen molar-refractivity contribution in [3.8, 4) is 6.07 Å². The number of carbonyl (C=O) groups excluding carboxylic acids is 1. The Morgan fingerprint density at radius 1 is 1.43 bits per heavy atom. The molecular formula is C17H16N2OS. The fraction of sp³-hybridized carbons (Fsp3) is 0.294. The average molecular weight is 296 g/mol. The molecule has 0 saturated heterocycles. The molecule has 0 radical (unpaired) electrons. The van der Waals surface area contributed by atoms with Crippen LogP contribution in [0.5, 0.6) is 0 Å². The maximum atomic E-state index is 12.1. The Hall–Kier alpha value is -2.12. The topological polar surface area (TPSA) is 44.1 Å². The zero-order valence-electron chi connectivity index (χ0n) is 11.9. The second-order valence-electron chi connectivity index (χ2n) is 5.31. The molecule has 0 fully saturated rings. The zero-order chi connectivity index (χ0) is 14.8. The minimum atomic E-state index is -0.0739. The van der Waals surface area contributed by atoms with Gasteiger partial charge in [-0.15, -0.1) is 11.3 Å².